The molecule has 0 saturated carbocycles. The smallest absolute Gasteiger partial charge is 0.273 e. The van der Waals surface area contributed by atoms with Crippen LogP contribution in [0.5, 0.6) is 5.75 Å². The van der Waals surface area contributed by atoms with Crippen LogP contribution in [0.4, 0.5) is 5.69 Å². The van der Waals surface area contributed by atoms with Gasteiger partial charge in [-0.15, -0.1) is 5.10 Å². The van der Waals surface area contributed by atoms with Crippen LogP contribution in [0, 0.1) is 10.1 Å². The van der Waals surface area contributed by atoms with E-state index in [1.165, 1.54) is 13.2 Å². The fourth-order valence-electron chi connectivity index (χ4n) is 3.03. The molecule has 1 aliphatic rings. The van der Waals surface area contributed by atoms with Crippen LogP contribution < -0.4 is 5.32 Å². The molecule has 1 amide bonds. The van der Waals surface area contributed by atoms with E-state index in [2.05, 4.69) is 20.8 Å². The van der Waals surface area contributed by atoms with Gasteiger partial charge < -0.3 is 35.3 Å². The van der Waals surface area contributed by atoms with Crippen LogP contribution >= 0.6 is 0 Å². The number of phenols is 1. The number of oxime groups is 1. The molecule has 2 aromatic rings. The normalized spacial score (nSPS) is 25.6. The molecule has 5 N–H and O–H groups in total. The Morgan fingerprint density at radius 3 is 2.84 bits per heavy atom. The highest BCUT2D eigenvalue weighted by Gasteiger charge is 2.47. The number of amides is 1. The summed E-state index contributed by atoms with van der Waals surface area (Å²) in [6.07, 6.45) is -3.59. The molecule has 15 heteroatoms. The second kappa shape index (κ2) is 9.65. The Morgan fingerprint density at radius 1 is 1.44 bits per heavy atom. The molecule has 1 saturated heterocycles. The van der Waals surface area contributed by atoms with Crippen LogP contribution in [0.3, 0.4) is 0 Å². The highest BCUT2D eigenvalue weighted by atomic mass is 16.8. The van der Waals surface area contributed by atoms with E-state index >= 15 is 0 Å². The maximum atomic E-state index is 11.7. The molecule has 172 valence electrons. The van der Waals surface area contributed by atoms with Crippen molar-refractivity contribution in [3.05, 3.63) is 45.8 Å². The maximum absolute atomic E-state index is 11.7. The summed E-state index contributed by atoms with van der Waals surface area (Å²) in [6, 6.07) is 2.04. The summed E-state index contributed by atoms with van der Waals surface area (Å²) in [5.74, 6) is -0.848. The van der Waals surface area contributed by atoms with Gasteiger partial charge in [-0.1, -0.05) is 10.4 Å². The van der Waals surface area contributed by atoms with Crippen LogP contribution in [0.2, 0.25) is 0 Å². The van der Waals surface area contributed by atoms with E-state index in [0.29, 0.717) is 0 Å². The van der Waals surface area contributed by atoms with Gasteiger partial charge in [-0.2, -0.15) is 0 Å². The fourth-order valence-corrected chi connectivity index (χ4v) is 3.03. The molecule has 0 unspecified atom stereocenters. The number of phenolic OH excluding ortho intramolecular Hbond substituents is 1. The topological polar surface area (TPSA) is 215 Å². The highest BCUT2D eigenvalue weighted by molar-refractivity contribution is 5.91. The zero-order valence-corrected chi connectivity index (χ0v) is 16.5. The molecule has 1 aliphatic heterocycles. The molecule has 0 bridgehead atoms. The number of rotatable bonds is 7. The van der Waals surface area contributed by atoms with Gasteiger partial charge in [-0.05, 0) is 6.07 Å². The molecular weight excluding hydrogens is 432 g/mol. The first-order valence-corrected chi connectivity index (χ1v) is 9.19. The SMILES string of the molecule is CNC(=O)c1cn([C@H]2[C@@H](O)[C@@H](CO)O[C@@H](O/N=C/c3cc([N+](=O)[O-])ccc3O)[C@@H]2O)nn1. The van der Waals surface area contributed by atoms with Crippen molar-refractivity contribution in [1.29, 1.82) is 0 Å². The molecule has 0 spiro atoms. The van der Waals surface area contributed by atoms with Gasteiger partial charge in [0.05, 0.1) is 23.9 Å². The number of benzene rings is 1. The summed E-state index contributed by atoms with van der Waals surface area (Å²) >= 11 is 0. The Morgan fingerprint density at radius 2 is 2.19 bits per heavy atom. The van der Waals surface area contributed by atoms with Crippen LogP contribution in [0.15, 0.2) is 29.6 Å². The summed E-state index contributed by atoms with van der Waals surface area (Å²) in [4.78, 5) is 27.0. The number of nitrogens with zero attached hydrogens (tertiary/aromatic N) is 5. The molecule has 32 heavy (non-hydrogen) atoms. The Kier molecular flexibility index (Phi) is 6.94. The molecule has 1 fully saturated rings. The van der Waals surface area contributed by atoms with E-state index in [-0.39, 0.29) is 22.7 Å². The van der Waals surface area contributed by atoms with Crippen molar-refractivity contribution >= 4 is 17.8 Å². The van der Waals surface area contributed by atoms with Gasteiger partial charge >= 0.3 is 0 Å². The highest BCUT2D eigenvalue weighted by Crippen LogP contribution is 2.30. The van der Waals surface area contributed by atoms with Gasteiger partial charge in [-0.3, -0.25) is 14.9 Å². The minimum atomic E-state index is -1.58. The summed E-state index contributed by atoms with van der Waals surface area (Å²) in [5.41, 5.74) is -0.401. The van der Waals surface area contributed by atoms with Gasteiger partial charge in [0.2, 0.25) is 0 Å². The first-order chi connectivity index (χ1) is 15.3. The molecule has 1 aromatic carbocycles. The average Bonchev–Trinajstić information content (AvgIpc) is 3.25. The number of ether oxygens (including phenoxy) is 1. The Balaban J connectivity index is 1.80. The fraction of sp³-hybridized carbons (Fsp3) is 0.412. The molecule has 2 heterocycles. The molecule has 0 aliphatic carbocycles. The Bertz CT molecular complexity index is 1010. The van der Waals surface area contributed by atoms with Gasteiger partial charge in [0.25, 0.3) is 17.9 Å². The predicted molar refractivity (Wildman–Crippen MR) is 104 cm³/mol. The monoisotopic (exact) mass is 452 g/mol. The number of nitrogens with one attached hydrogen (secondary N) is 1. The Labute approximate surface area is 179 Å². The second-order valence-corrected chi connectivity index (χ2v) is 6.70. The summed E-state index contributed by atoms with van der Waals surface area (Å²) in [5, 5.41) is 64.7. The predicted octanol–water partition coefficient (Wildman–Crippen LogP) is -1.72. The largest absolute Gasteiger partial charge is 0.507 e. The lowest BCUT2D eigenvalue weighted by molar-refractivity contribution is -0.384. The number of carbonyl (C=O) groups excluding carboxylic acids is 1. The van der Waals surface area contributed by atoms with Gasteiger partial charge in [0.1, 0.15) is 30.1 Å². The quantitative estimate of drug-likeness (QED) is 0.181. The zero-order valence-electron chi connectivity index (χ0n) is 16.5. The van der Waals surface area contributed by atoms with E-state index in [1.807, 2.05) is 0 Å². The van der Waals surface area contributed by atoms with E-state index in [9.17, 15) is 35.3 Å². The van der Waals surface area contributed by atoms with Crippen LogP contribution in [0.1, 0.15) is 22.1 Å². The number of aliphatic hydroxyl groups excluding tert-OH is 3. The third-order valence-corrected chi connectivity index (χ3v) is 4.70. The van der Waals surface area contributed by atoms with Gasteiger partial charge in [0, 0.05) is 24.7 Å². The molecule has 15 nitrogen and oxygen atoms in total. The number of hydrogen-bond acceptors (Lipinski definition) is 12. The first kappa shape index (κ1) is 23.0. The molecule has 0 radical (unpaired) electrons. The minimum absolute atomic E-state index is 0.0358. The number of non-ortho nitro benzene ring substituents is 1. The summed E-state index contributed by atoms with van der Waals surface area (Å²) in [6.45, 7) is -0.642. The number of carbonyl (C=O) groups is 1. The second-order valence-electron chi connectivity index (χ2n) is 6.70. The van der Waals surface area contributed by atoms with Crippen molar-refractivity contribution in [1.82, 2.24) is 20.3 Å². The number of aromatic nitrogens is 3. The first-order valence-electron chi connectivity index (χ1n) is 9.19. The van der Waals surface area contributed by atoms with Crippen molar-refractivity contribution in [2.24, 2.45) is 5.16 Å². The van der Waals surface area contributed by atoms with Crippen LogP contribution in [-0.4, -0.2) is 90.7 Å². The van der Waals surface area contributed by atoms with Gasteiger partial charge in [0.15, 0.2) is 5.69 Å². The zero-order chi connectivity index (χ0) is 23.4. The maximum Gasteiger partial charge on any atom is 0.273 e. The van der Waals surface area contributed by atoms with E-state index in [4.69, 9.17) is 9.57 Å². The number of nitro benzene ring substituents is 1. The van der Waals surface area contributed by atoms with Crippen molar-refractivity contribution < 1.29 is 39.7 Å². The number of hydrogen-bond donors (Lipinski definition) is 5. The molecular formula is C17H20N6O9. The van der Waals surface area contributed by atoms with Crippen LogP contribution in [0.25, 0.3) is 0 Å². The van der Waals surface area contributed by atoms with Crippen molar-refractivity contribution in [3.63, 3.8) is 0 Å². The minimum Gasteiger partial charge on any atom is -0.507 e. The average molecular weight is 452 g/mol. The van der Waals surface area contributed by atoms with Crippen molar-refractivity contribution in [2.45, 2.75) is 30.6 Å². The summed E-state index contributed by atoms with van der Waals surface area (Å²) in [7, 11) is 1.39. The Hall–Kier alpha value is -3.66. The summed E-state index contributed by atoms with van der Waals surface area (Å²) < 4.78 is 6.36. The van der Waals surface area contributed by atoms with E-state index in [0.717, 1.165) is 29.1 Å². The third kappa shape index (κ3) is 4.65. The lowest BCUT2D eigenvalue weighted by Crippen LogP contribution is -2.56. The molecule has 1 aromatic heterocycles. The number of aliphatic hydroxyl groups is 3. The third-order valence-electron chi connectivity index (χ3n) is 4.70. The number of aromatic hydroxyl groups is 1. The van der Waals surface area contributed by atoms with Gasteiger partial charge in [-0.25, -0.2) is 4.68 Å². The van der Waals surface area contributed by atoms with E-state index in [1.54, 1.807) is 0 Å². The molecule has 3 rings (SSSR count). The van der Waals surface area contributed by atoms with E-state index < -0.39 is 48.1 Å². The van der Waals surface area contributed by atoms with Crippen LogP contribution in [-0.2, 0) is 9.57 Å². The number of nitro groups is 1. The van der Waals surface area contributed by atoms with Crippen molar-refractivity contribution in [3.8, 4) is 5.75 Å². The lowest BCUT2D eigenvalue weighted by atomic mass is 9.96. The lowest BCUT2D eigenvalue weighted by Gasteiger charge is -2.40. The van der Waals surface area contributed by atoms with Crippen molar-refractivity contribution in [2.75, 3.05) is 13.7 Å². The molecule has 5 atom stereocenters. The standard InChI is InChI=1S/C17H20N6O9/c1-18-16(28)10-6-22(21-20-10)13-14(26)12(7-24)31-17(15(13)27)32-19-5-8-4-9(23(29)30)2-3-11(8)25/h2-6,12-15,17,24-27H,7H2,1H3,(H,18,28)/b19-5+/t12-,13+,14+,15-,17+/m1/s1.